The molecule has 0 fully saturated rings. The minimum absolute atomic E-state index is 0.885. The fraction of sp³-hybridized carbons (Fsp3) is 0.800. The monoisotopic (exact) mass is 195 g/mol. The Balaban J connectivity index is 4.45. The summed E-state index contributed by atoms with van der Waals surface area (Å²) in [6.07, 6.45) is -14.6. The van der Waals surface area contributed by atoms with E-state index in [4.69, 9.17) is 0 Å². The Kier molecular flexibility index (Phi) is 3.37. The first-order chi connectivity index (χ1) is 5.19. The summed E-state index contributed by atoms with van der Waals surface area (Å²) in [4.78, 5) is 0. The molecule has 1 nitrogen and oxygen atoms in total. The molecule has 0 aromatic rings. The lowest BCUT2D eigenvalue weighted by molar-refractivity contribution is -0.319. The molecule has 0 saturated heterocycles. The van der Waals surface area contributed by atoms with Gasteiger partial charge >= 0.3 is 12.4 Å². The molecule has 0 spiro atoms. The Morgan fingerprint density at radius 2 is 1.33 bits per heavy atom. The molecule has 0 aromatic carbocycles. The maximum Gasteiger partial charge on any atom is 0.423 e. The highest BCUT2D eigenvalue weighted by molar-refractivity contribution is 4.75. The van der Waals surface area contributed by atoms with Gasteiger partial charge in [-0.1, -0.05) is 0 Å². The van der Waals surface area contributed by atoms with Crippen LogP contribution in [0, 0.1) is 6.92 Å². The van der Waals surface area contributed by atoms with Crippen molar-refractivity contribution < 1.29 is 31.1 Å². The lowest BCUT2D eigenvalue weighted by Gasteiger charge is -2.22. The van der Waals surface area contributed by atoms with E-state index < -0.39 is 25.1 Å². The molecule has 12 heavy (non-hydrogen) atoms. The molecule has 0 N–H and O–H groups in total. The molecule has 0 saturated carbocycles. The maximum absolute atomic E-state index is 11.5. The van der Waals surface area contributed by atoms with Crippen LogP contribution in [0.1, 0.15) is 0 Å². The van der Waals surface area contributed by atoms with Crippen molar-refractivity contribution >= 4 is 0 Å². The average molecular weight is 195 g/mol. The summed E-state index contributed by atoms with van der Waals surface area (Å²) in [5, 5.41) is 0. The Morgan fingerprint density at radius 3 is 1.42 bits per heavy atom. The zero-order valence-electron chi connectivity index (χ0n) is 5.67. The minimum Gasteiger partial charge on any atom is -0.361 e. The second-order valence-corrected chi connectivity index (χ2v) is 1.83. The van der Waals surface area contributed by atoms with Gasteiger partial charge in [-0.15, -0.1) is 0 Å². The molecule has 0 rings (SSSR count). The quantitative estimate of drug-likeness (QED) is 0.614. The van der Waals surface area contributed by atoms with Gasteiger partial charge in [0.1, 0.15) is 0 Å². The van der Waals surface area contributed by atoms with E-state index in [1.54, 1.807) is 0 Å². The smallest absolute Gasteiger partial charge is 0.361 e. The predicted octanol–water partition coefficient (Wildman–Crippen LogP) is 2.33. The normalized spacial score (nSPS) is 14.0. The van der Waals surface area contributed by atoms with Crippen molar-refractivity contribution in [1.29, 1.82) is 0 Å². The van der Waals surface area contributed by atoms with E-state index >= 15 is 0 Å². The number of hydrogen-bond donors (Lipinski definition) is 0. The fourth-order valence-corrected chi connectivity index (χ4v) is 0.492. The zero-order valence-corrected chi connectivity index (χ0v) is 5.67. The highest BCUT2D eigenvalue weighted by Gasteiger charge is 2.57. The van der Waals surface area contributed by atoms with Gasteiger partial charge in [0.15, 0.2) is 0 Å². The van der Waals surface area contributed by atoms with Crippen LogP contribution < -0.4 is 0 Å². The molecule has 0 aromatic heterocycles. The van der Waals surface area contributed by atoms with E-state index in [1.165, 1.54) is 0 Å². The Bertz CT molecular complexity index is 122. The van der Waals surface area contributed by atoms with Gasteiger partial charge in [0.2, 0.25) is 6.10 Å². The van der Waals surface area contributed by atoms with Crippen molar-refractivity contribution in [3.05, 3.63) is 6.92 Å². The van der Waals surface area contributed by atoms with E-state index in [0.717, 1.165) is 0 Å². The number of alkyl halides is 6. The molecular formula is C5H5F6O. The molecule has 0 atom stereocenters. The van der Waals surface area contributed by atoms with Crippen molar-refractivity contribution in [2.24, 2.45) is 0 Å². The van der Waals surface area contributed by atoms with Gasteiger partial charge in [-0.25, -0.2) is 0 Å². The third kappa shape index (κ3) is 3.29. The van der Waals surface area contributed by atoms with E-state index in [1.807, 2.05) is 0 Å². The van der Waals surface area contributed by atoms with Gasteiger partial charge in [0, 0.05) is 6.61 Å². The highest BCUT2D eigenvalue weighted by atomic mass is 19.4. The Hall–Kier alpha value is -0.460. The molecule has 73 valence electrons. The van der Waals surface area contributed by atoms with Crippen LogP contribution >= 0.6 is 0 Å². The second-order valence-electron chi connectivity index (χ2n) is 1.83. The van der Waals surface area contributed by atoms with Gasteiger partial charge in [0.25, 0.3) is 0 Å². The molecule has 0 aliphatic rings. The largest absolute Gasteiger partial charge is 0.423 e. The van der Waals surface area contributed by atoms with Crippen LogP contribution in [0.5, 0.6) is 0 Å². The van der Waals surface area contributed by atoms with Crippen molar-refractivity contribution in [1.82, 2.24) is 0 Å². The van der Waals surface area contributed by atoms with Crippen molar-refractivity contribution in [2.45, 2.75) is 18.5 Å². The van der Waals surface area contributed by atoms with Crippen molar-refractivity contribution in [2.75, 3.05) is 6.61 Å². The first-order valence-corrected chi connectivity index (χ1v) is 2.74. The fourth-order valence-electron chi connectivity index (χ4n) is 0.492. The summed E-state index contributed by atoms with van der Waals surface area (Å²) in [7, 11) is 0. The molecular weight excluding hydrogens is 190 g/mol. The number of halogens is 6. The van der Waals surface area contributed by atoms with Crippen molar-refractivity contribution in [3.63, 3.8) is 0 Å². The van der Waals surface area contributed by atoms with E-state index in [9.17, 15) is 26.3 Å². The molecule has 0 aliphatic carbocycles. The van der Waals surface area contributed by atoms with Crippen LogP contribution in [0.3, 0.4) is 0 Å². The van der Waals surface area contributed by atoms with Gasteiger partial charge in [0.05, 0.1) is 0 Å². The zero-order chi connectivity index (χ0) is 9.99. The molecule has 0 aliphatic heterocycles. The van der Waals surface area contributed by atoms with Crippen molar-refractivity contribution in [3.8, 4) is 0 Å². The standard InChI is InChI=1S/C5H5F6O/c1-2-12-3(4(6,7)8)5(9,10)11/h3H,1-2H2. The van der Waals surface area contributed by atoms with Gasteiger partial charge < -0.3 is 4.74 Å². The maximum atomic E-state index is 11.5. The number of rotatable bonds is 2. The molecule has 0 unspecified atom stereocenters. The van der Waals surface area contributed by atoms with Gasteiger partial charge in [-0.05, 0) is 6.92 Å². The molecule has 0 heterocycles. The van der Waals surface area contributed by atoms with E-state index in [0.29, 0.717) is 0 Å². The van der Waals surface area contributed by atoms with E-state index in [-0.39, 0.29) is 0 Å². The predicted molar refractivity (Wildman–Crippen MR) is 27.2 cm³/mol. The third-order valence-corrected chi connectivity index (χ3v) is 0.879. The summed E-state index contributed by atoms with van der Waals surface area (Å²) in [5.41, 5.74) is 0. The summed E-state index contributed by atoms with van der Waals surface area (Å²) in [5.74, 6) is 0. The van der Waals surface area contributed by atoms with Crippen LogP contribution in [-0.2, 0) is 4.74 Å². The second kappa shape index (κ2) is 3.51. The Labute approximate surface area is 64.3 Å². The lowest BCUT2D eigenvalue weighted by Crippen LogP contribution is -2.44. The summed E-state index contributed by atoms with van der Waals surface area (Å²) >= 11 is 0. The average Bonchev–Trinajstić information content (AvgIpc) is 1.77. The minimum atomic E-state index is -5.43. The third-order valence-electron chi connectivity index (χ3n) is 0.879. The summed E-state index contributed by atoms with van der Waals surface area (Å²) in [6.45, 7) is 1.85. The van der Waals surface area contributed by atoms with Crippen LogP contribution in [0.15, 0.2) is 0 Å². The van der Waals surface area contributed by atoms with Gasteiger partial charge in [-0.2, -0.15) is 26.3 Å². The first-order valence-electron chi connectivity index (χ1n) is 2.74. The number of ether oxygens (including phenoxy) is 1. The highest BCUT2D eigenvalue weighted by Crippen LogP contribution is 2.35. The SMILES string of the molecule is [CH2]COC(C(F)(F)F)C(F)(F)F. The molecule has 1 radical (unpaired) electrons. The number of hydrogen-bond acceptors (Lipinski definition) is 1. The summed E-state index contributed by atoms with van der Waals surface area (Å²) < 4.78 is 72.6. The van der Waals surface area contributed by atoms with Crippen LogP contribution in [0.4, 0.5) is 26.3 Å². The van der Waals surface area contributed by atoms with E-state index in [2.05, 4.69) is 11.7 Å². The van der Waals surface area contributed by atoms with Crippen LogP contribution in [-0.4, -0.2) is 25.1 Å². The van der Waals surface area contributed by atoms with Crippen LogP contribution in [0.25, 0.3) is 0 Å². The lowest BCUT2D eigenvalue weighted by atomic mass is 10.3. The van der Waals surface area contributed by atoms with Crippen LogP contribution in [0.2, 0.25) is 0 Å². The van der Waals surface area contributed by atoms with Gasteiger partial charge in [-0.3, -0.25) is 0 Å². The summed E-state index contributed by atoms with van der Waals surface area (Å²) in [6, 6.07) is 0. The Morgan fingerprint density at radius 1 is 1.00 bits per heavy atom. The molecule has 7 heteroatoms. The molecule has 0 amide bonds. The first kappa shape index (κ1) is 11.5. The molecule has 0 bridgehead atoms. The topological polar surface area (TPSA) is 9.23 Å².